The van der Waals surface area contributed by atoms with Gasteiger partial charge in [0.15, 0.2) is 0 Å². The summed E-state index contributed by atoms with van der Waals surface area (Å²) in [4.78, 5) is 10.6. The van der Waals surface area contributed by atoms with Gasteiger partial charge in [-0.2, -0.15) is 0 Å². The zero-order valence-electron chi connectivity index (χ0n) is 15.6. The molecule has 1 aliphatic rings. The molecular formula is C21H19FN6O. The second kappa shape index (κ2) is 7.48. The van der Waals surface area contributed by atoms with E-state index >= 15 is 0 Å². The van der Waals surface area contributed by atoms with E-state index in [2.05, 4.69) is 20.4 Å². The molecule has 29 heavy (non-hydrogen) atoms. The van der Waals surface area contributed by atoms with Crippen molar-refractivity contribution >= 4 is 22.8 Å². The van der Waals surface area contributed by atoms with Gasteiger partial charge in [-0.1, -0.05) is 0 Å². The topological polar surface area (TPSA) is 67.6 Å². The highest BCUT2D eigenvalue weighted by Crippen LogP contribution is 2.26. The molecule has 4 heterocycles. The fourth-order valence-corrected chi connectivity index (χ4v) is 3.46. The first-order chi connectivity index (χ1) is 14.3. The number of nitrogens with zero attached hydrogens (tertiary/aromatic N) is 5. The summed E-state index contributed by atoms with van der Waals surface area (Å²) < 4.78 is 21.5. The summed E-state index contributed by atoms with van der Waals surface area (Å²) >= 11 is 0. The lowest BCUT2D eigenvalue weighted by molar-refractivity contribution is 0.122. The predicted octanol–water partition coefficient (Wildman–Crippen LogP) is 3.51. The van der Waals surface area contributed by atoms with Gasteiger partial charge >= 0.3 is 0 Å². The summed E-state index contributed by atoms with van der Waals surface area (Å²) in [6.45, 7) is 2.53. The second-order valence-corrected chi connectivity index (χ2v) is 6.77. The van der Waals surface area contributed by atoms with Gasteiger partial charge in [0.25, 0.3) is 0 Å². The molecule has 0 spiro atoms. The van der Waals surface area contributed by atoms with E-state index in [1.165, 1.54) is 6.07 Å². The van der Waals surface area contributed by atoms with Crippen LogP contribution in [0.5, 0.6) is 0 Å². The molecule has 8 heteroatoms. The molecule has 0 amide bonds. The third-order valence-corrected chi connectivity index (χ3v) is 4.91. The molecular weight excluding hydrogens is 371 g/mol. The van der Waals surface area contributed by atoms with Crippen LogP contribution in [0.25, 0.3) is 16.8 Å². The number of rotatable bonds is 4. The quantitative estimate of drug-likeness (QED) is 0.575. The SMILES string of the molecule is Fc1ccc(Nc2ncc3ccc(-c4cccnc4)n3n2)cc1N1CCOCC1. The van der Waals surface area contributed by atoms with Crippen LogP contribution in [0.4, 0.5) is 21.7 Å². The number of ether oxygens (including phenoxy) is 1. The molecule has 7 nitrogen and oxygen atoms in total. The van der Waals surface area contributed by atoms with E-state index in [1.807, 2.05) is 33.7 Å². The first kappa shape index (κ1) is 17.6. The summed E-state index contributed by atoms with van der Waals surface area (Å²) in [6, 6.07) is 12.7. The molecule has 0 radical (unpaired) electrons. The summed E-state index contributed by atoms with van der Waals surface area (Å²) in [7, 11) is 0. The van der Waals surface area contributed by atoms with Crippen molar-refractivity contribution in [2.75, 3.05) is 36.5 Å². The van der Waals surface area contributed by atoms with Gasteiger partial charge in [0, 0.05) is 36.7 Å². The number of morpholine rings is 1. The van der Waals surface area contributed by atoms with E-state index in [4.69, 9.17) is 4.74 Å². The van der Waals surface area contributed by atoms with Gasteiger partial charge in [-0.15, -0.1) is 5.10 Å². The van der Waals surface area contributed by atoms with Crippen LogP contribution in [0.2, 0.25) is 0 Å². The van der Waals surface area contributed by atoms with Crippen LogP contribution in [-0.4, -0.2) is 45.9 Å². The molecule has 0 unspecified atom stereocenters. The van der Waals surface area contributed by atoms with Crippen LogP contribution in [0.15, 0.2) is 61.1 Å². The van der Waals surface area contributed by atoms with E-state index < -0.39 is 0 Å². The third-order valence-electron chi connectivity index (χ3n) is 4.91. The fraction of sp³-hybridized carbons (Fsp3) is 0.190. The summed E-state index contributed by atoms with van der Waals surface area (Å²) in [5.41, 5.74) is 4.04. The standard InChI is InChI=1S/C21H19FN6O/c22-18-5-3-16(12-20(18)27-8-10-29-11-9-27)25-21-24-14-17-4-6-19(28(17)26-21)15-2-1-7-23-13-15/h1-7,12-14H,8-11H2,(H,25,26). The lowest BCUT2D eigenvalue weighted by atomic mass is 10.2. The molecule has 1 aliphatic heterocycles. The smallest absolute Gasteiger partial charge is 0.245 e. The average Bonchev–Trinajstić information content (AvgIpc) is 3.20. The van der Waals surface area contributed by atoms with Crippen molar-refractivity contribution in [3.05, 3.63) is 66.9 Å². The Bertz CT molecular complexity index is 1140. The average molecular weight is 390 g/mol. The van der Waals surface area contributed by atoms with E-state index in [0.29, 0.717) is 37.9 Å². The van der Waals surface area contributed by atoms with Gasteiger partial charge in [0.05, 0.1) is 36.3 Å². The maximum atomic E-state index is 14.3. The highest BCUT2D eigenvalue weighted by Gasteiger charge is 2.16. The van der Waals surface area contributed by atoms with Crippen molar-refractivity contribution in [3.63, 3.8) is 0 Å². The van der Waals surface area contributed by atoms with Crippen molar-refractivity contribution in [3.8, 4) is 11.3 Å². The third kappa shape index (κ3) is 3.50. The van der Waals surface area contributed by atoms with Crippen molar-refractivity contribution in [1.29, 1.82) is 0 Å². The maximum Gasteiger partial charge on any atom is 0.245 e. The summed E-state index contributed by atoms with van der Waals surface area (Å²) in [6.07, 6.45) is 5.29. The Hall–Kier alpha value is -3.52. The summed E-state index contributed by atoms with van der Waals surface area (Å²) in [5.74, 6) is 0.177. The molecule has 5 rings (SSSR count). The first-order valence-electron chi connectivity index (χ1n) is 9.42. The maximum absolute atomic E-state index is 14.3. The number of hydrogen-bond donors (Lipinski definition) is 1. The molecule has 0 atom stereocenters. The van der Waals surface area contributed by atoms with E-state index in [9.17, 15) is 4.39 Å². The Kier molecular flexibility index (Phi) is 4.53. The summed E-state index contributed by atoms with van der Waals surface area (Å²) in [5, 5.41) is 7.80. The van der Waals surface area contributed by atoms with Crippen molar-refractivity contribution in [2.24, 2.45) is 0 Å². The fourth-order valence-electron chi connectivity index (χ4n) is 3.46. The van der Waals surface area contributed by atoms with Crippen molar-refractivity contribution in [2.45, 2.75) is 0 Å². The van der Waals surface area contributed by atoms with E-state index in [1.54, 1.807) is 30.7 Å². The number of aromatic nitrogens is 4. The largest absolute Gasteiger partial charge is 0.378 e. The predicted molar refractivity (Wildman–Crippen MR) is 109 cm³/mol. The van der Waals surface area contributed by atoms with E-state index in [-0.39, 0.29) is 5.82 Å². The molecule has 146 valence electrons. The number of benzene rings is 1. The number of pyridine rings is 1. The molecule has 0 bridgehead atoms. The lowest BCUT2D eigenvalue weighted by Gasteiger charge is -2.29. The lowest BCUT2D eigenvalue weighted by Crippen LogP contribution is -2.36. The monoisotopic (exact) mass is 390 g/mol. The highest BCUT2D eigenvalue weighted by molar-refractivity contribution is 5.67. The minimum absolute atomic E-state index is 0.252. The van der Waals surface area contributed by atoms with Gasteiger partial charge in [-0.3, -0.25) is 4.98 Å². The van der Waals surface area contributed by atoms with Crippen LogP contribution in [0.1, 0.15) is 0 Å². The molecule has 0 aliphatic carbocycles. The molecule has 1 saturated heterocycles. The Morgan fingerprint density at radius 2 is 1.93 bits per heavy atom. The number of nitrogens with one attached hydrogen (secondary N) is 1. The Morgan fingerprint density at radius 3 is 2.76 bits per heavy atom. The van der Waals surface area contributed by atoms with Crippen LogP contribution in [0.3, 0.4) is 0 Å². The van der Waals surface area contributed by atoms with Crippen LogP contribution < -0.4 is 10.2 Å². The molecule has 3 aromatic heterocycles. The zero-order valence-corrected chi connectivity index (χ0v) is 15.6. The normalized spacial score (nSPS) is 14.3. The van der Waals surface area contributed by atoms with Gasteiger partial charge in [0.2, 0.25) is 5.95 Å². The van der Waals surface area contributed by atoms with Crippen molar-refractivity contribution < 1.29 is 9.13 Å². The molecule has 4 aromatic rings. The first-order valence-corrected chi connectivity index (χ1v) is 9.42. The number of fused-ring (bicyclic) bond motifs is 1. The number of halogens is 1. The van der Waals surface area contributed by atoms with Crippen LogP contribution in [0, 0.1) is 5.82 Å². The van der Waals surface area contributed by atoms with Crippen molar-refractivity contribution in [1.82, 2.24) is 19.6 Å². The van der Waals surface area contributed by atoms with Gasteiger partial charge in [-0.25, -0.2) is 13.9 Å². The van der Waals surface area contributed by atoms with Gasteiger partial charge in [0.1, 0.15) is 5.82 Å². The van der Waals surface area contributed by atoms with Gasteiger partial charge in [-0.05, 0) is 42.5 Å². The Morgan fingerprint density at radius 1 is 1.03 bits per heavy atom. The molecule has 1 fully saturated rings. The zero-order chi connectivity index (χ0) is 19.6. The molecule has 1 N–H and O–H groups in total. The van der Waals surface area contributed by atoms with Crippen LogP contribution >= 0.6 is 0 Å². The molecule has 1 aromatic carbocycles. The Balaban J connectivity index is 1.46. The molecule has 0 saturated carbocycles. The van der Waals surface area contributed by atoms with Gasteiger partial charge < -0.3 is 15.0 Å². The van der Waals surface area contributed by atoms with E-state index in [0.717, 1.165) is 22.5 Å². The Labute approximate surface area is 166 Å². The minimum atomic E-state index is -0.252. The second-order valence-electron chi connectivity index (χ2n) is 6.77. The number of anilines is 3. The number of hydrogen-bond acceptors (Lipinski definition) is 6. The van der Waals surface area contributed by atoms with Crippen LogP contribution in [-0.2, 0) is 4.74 Å². The highest BCUT2D eigenvalue weighted by atomic mass is 19.1. The minimum Gasteiger partial charge on any atom is -0.378 e.